The number of nitrogens with one attached hydrogen (secondary N) is 2. The minimum Gasteiger partial charge on any atom is -0.494 e. The van der Waals surface area contributed by atoms with E-state index in [0.717, 1.165) is 12.2 Å². The Labute approximate surface area is 149 Å². The van der Waals surface area contributed by atoms with Crippen LogP contribution in [0.25, 0.3) is 0 Å². The normalized spacial score (nSPS) is 15.4. The predicted octanol–water partition coefficient (Wildman–Crippen LogP) is 2.97. The molecule has 6 heteroatoms. The summed E-state index contributed by atoms with van der Waals surface area (Å²) in [6, 6.07) is 7.06. The van der Waals surface area contributed by atoms with Gasteiger partial charge in [-0.2, -0.15) is 0 Å². The van der Waals surface area contributed by atoms with Gasteiger partial charge in [-0.05, 0) is 50.5 Å². The average molecular weight is 348 g/mol. The van der Waals surface area contributed by atoms with E-state index in [9.17, 15) is 9.59 Å². The molecule has 1 aromatic rings. The van der Waals surface area contributed by atoms with Crippen LogP contribution in [0, 0.1) is 5.92 Å². The molecule has 0 saturated heterocycles. The summed E-state index contributed by atoms with van der Waals surface area (Å²) in [4.78, 5) is 23.8. The summed E-state index contributed by atoms with van der Waals surface area (Å²) in [5, 5.41) is 0. The van der Waals surface area contributed by atoms with Crippen molar-refractivity contribution in [3.05, 3.63) is 24.3 Å². The number of ether oxygens (including phenoxy) is 2. The molecule has 1 saturated carbocycles. The Morgan fingerprint density at radius 1 is 1.12 bits per heavy atom. The van der Waals surface area contributed by atoms with Gasteiger partial charge in [0.15, 0.2) is 6.10 Å². The molecule has 0 radical (unpaired) electrons. The zero-order valence-electron chi connectivity index (χ0n) is 15.0. The van der Waals surface area contributed by atoms with Gasteiger partial charge in [-0.15, -0.1) is 0 Å². The van der Waals surface area contributed by atoms with Gasteiger partial charge >= 0.3 is 0 Å². The molecule has 0 bridgehead atoms. The molecule has 138 valence electrons. The van der Waals surface area contributed by atoms with Gasteiger partial charge in [0.2, 0.25) is 5.91 Å². The number of carbonyl (C=O) groups excluding carboxylic acids is 2. The Balaban J connectivity index is 1.67. The van der Waals surface area contributed by atoms with Gasteiger partial charge in [0.1, 0.15) is 11.5 Å². The molecule has 1 fully saturated rings. The van der Waals surface area contributed by atoms with Crippen molar-refractivity contribution in [2.24, 2.45) is 5.92 Å². The molecule has 1 atom stereocenters. The predicted molar refractivity (Wildman–Crippen MR) is 95.2 cm³/mol. The Morgan fingerprint density at radius 2 is 1.76 bits per heavy atom. The quantitative estimate of drug-likeness (QED) is 0.708. The molecule has 6 nitrogen and oxygen atoms in total. The van der Waals surface area contributed by atoms with Crippen LogP contribution >= 0.6 is 0 Å². The van der Waals surface area contributed by atoms with Crippen LogP contribution in [0.2, 0.25) is 0 Å². The highest BCUT2D eigenvalue weighted by Gasteiger charge is 2.18. The van der Waals surface area contributed by atoms with E-state index < -0.39 is 6.10 Å². The van der Waals surface area contributed by atoms with Crippen LogP contribution in [0.4, 0.5) is 0 Å². The monoisotopic (exact) mass is 348 g/mol. The lowest BCUT2D eigenvalue weighted by molar-refractivity contribution is -0.132. The van der Waals surface area contributed by atoms with Crippen molar-refractivity contribution in [1.82, 2.24) is 10.9 Å². The zero-order valence-corrected chi connectivity index (χ0v) is 15.0. The summed E-state index contributed by atoms with van der Waals surface area (Å²) in [5.74, 6) is 1.43. The molecule has 1 aliphatic carbocycles. The highest BCUT2D eigenvalue weighted by Crippen LogP contribution is 2.28. The smallest absolute Gasteiger partial charge is 0.279 e. The molecule has 2 amide bonds. The van der Waals surface area contributed by atoms with Gasteiger partial charge in [0, 0.05) is 6.42 Å². The molecule has 0 aromatic heterocycles. The van der Waals surface area contributed by atoms with Crippen molar-refractivity contribution in [3.8, 4) is 11.5 Å². The van der Waals surface area contributed by atoms with Crippen LogP contribution in [0.15, 0.2) is 24.3 Å². The Kier molecular flexibility index (Phi) is 7.57. The molecule has 0 heterocycles. The minimum atomic E-state index is -0.715. The SMILES string of the molecule is CCOc1ccc(O[C@H](C)C(=O)NNC(=O)CCC2CCCC2)cc1. The average Bonchev–Trinajstić information content (AvgIpc) is 3.13. The van der Waals surface area contributed by atoms with Crippen LogP contribution in [0.5, 0.6) is 11.5 Å². The second-order valence-corrected chi connectivity index (χ2v) is 6.39. The van der Waals surface area contributed by atoms with E-state index in [-0.39, 0.29) is 11.8 Å². The first-order chi connectivity index (χ1) is 12.1. The molecule has 2 N–H and O–H groups in total. The molecule has 1 aromatic carbocycles. The molecular weight excluding hydrogens is 320 g/mol. The number of hydrazine groups is 1. The van der Waals surface area contributed by atoms with Crippen molar-refractivity contribution in [3.63, 3.8) is 0 Å². The van der Waals surface area contributed by atoms with Crippen molar-refractivity contribution < 1.29 is 19.1 Å². The highest BCUT2D eigenvalue weighted by atomic mass is 16.5. The standard InChI is InChI=1S/C19H28N2O4/c1-3-24-16-9-11-17(12-10-16)25-14(2)19(23)21-20-18(22)13-8-15-6-4-5-7-15/h9-12,14-15H,3-8,13H2,1-2H3,(H,20,22)(H,21,23)/t14-/m1/s1. The summed E-state index contributed by atoms with van der Waals surface area (Å²) in [7, 11) is 0. The first-order valence-corrected chi connectivity index (χ1v) is 9.06. The third-order valence-corrected chi connectivity index (χ3v) is 4.40. The lowest BCUT2D eigenvalue weighted by atomic mass is 10.0. The molecule has 0 aliphatic heterocycles. The fourth-order valence-electron chi connectivity index (χ4n) is 2.97. The number of benzene rings is 1. The fraction of sp³-hybridized carbons (Fsp3) is 0.579. The van der Waals surface area contributed by atoms with Crippen LogP contribution in [-0.2, 0) is 9.59 Å². The van der Waals surface area contributed by atoms with Crippen molar-refractivity contribution >= 4 is 11.8 Å². The number of amides is 2. The second kappa shape index (κ2) is 9.91. The van der Waals surface area contributed by atoms with Crippen LogP contribution in [0.3, 0.4) is 0 Å². The Bertz CT molecular complexity index is 553. The van der Waals surface area contributed by atoms with E-state index in [4.69, 9.17) is 9.47 Å². The van der Waals surface area contributed by atoms with Gasteiger partial charge in [-0.1, -0.05) is 25.7 Å². The maximum atomic E-state index is 12.0. The topological polar surface area (TPSA) is 76.7 Å². The van der Waals surface area contributed by atoms with Gasteiger partial charge < -0.3 is 9.47 Å². The maximum Gasteiger partial charge on any atom is 0.279 e. The number of carbonyl (C=O) groups is 2. The van der Waals surface area contributed by atoms with Crippen molar-refractivity contribution in [2.75, 3.05) is 6.61 Å². The van der Waals surface area contributed by atoms with Crippen molar-refractivity contribution in [2.45, 2.75) is 58.5 Å². The van der Waals surface area contributed by atoms with Crippen LogP contribution < -0.4 is 20.3 Å². The van der Waals surface area contributed by atoms with Crippen molar-refractivity contribution in [1.29, 1.82) is 0 Å². The Morgan fingerprint density at radius 3 is 2.40 bits per heavy atom. The molecule has 25 heavy (non-hydrogen) atoms. The maximum absolute atomic E-state index is 12.0. The minimum absolute atomic E-state index is 0.159. The van der Waals surface area contributed by atoms with E-state index in [0.29, 0.717) is 24.7 Å². The van der Waals surface area contributed by atoms with Gasteiger partial charge in [-0.3, -0.25) is 20.4 Å². The summed E-state index contributed by atoms with van der Waals surface area (Å²) in [6.45, 7) is 4.15. The summed E-state index contributed by atoms with van der Waals surface area (Å²) in [6.07, 6.45) is 5.58. The van der Waals surface area contributed by atoms with Crippen LogP contribution in [-0.4, -0.2) is 24.5 Å². The van der Waals surface area contributed by atoms with E-state index in [1.54, 1.807) is 31.2 Å². The first-order valence-electron chi connectivity index (χ1n) is 9.06. The largest absolute Gasteiger partial charge is 0.494 e. The molecule has 0 spiro atoms. The second-order valence-electron chi connectivity index (χ2n) is 6.39. The number of rotatable bonds is 8. The van der Waals surface area contributed by atoms with Crippen LogP contribution in [0.1, 0.15) is 52.4 Å². The lowest BCUT2D eigenvalue weighted by Gasteiger charge is -2.16. The lowest BCUT2D eigenvalue weighted by Crippen LogP contribution is -2.47. The summed E-state index contributed by atoms with van der Waals surface area (Å²) < 4.78 is 10.9. The summed E-state index contributed by atoms with van der Waals surface area (Å²) >= 11 is 0. The third kappa shape index (κ3) is 6.64. The number of hydrogen-bond acceptors (Lipinski definition) is 4. The summed E-state index contributed by atoms with van der Waals surface area (Å²) in [5.41, 5.74) is 4.88. The zero-order chi connectivity index (χ0) is 18.1. The first kappa shape index (κ1) is 19.1. The highest BCUT2D eigenvalue weighted by molar-refractivity contribution is 5.84. The van der Waals surface area contributed by atoms with Gasteiger partial charge in [-0.25, -0.2) is 0 Å². The third-order valence-electron chi connectivity index (χ3n) is 4.40. The van der Waals surface area contributed by atoms with Gasteiger partial charge in [0.25, 0.3) is 5.91 Å². The van der Waals surface area contributed by atoms with E-state index in [1.807, 2.05) is 6.92 Å². The molecule has 0 unspecified atom stereocenters. The van der Waals surface area contributed by atoms with E-state index in [2.05, 4.69) is 10.9 Å². The number of hydrogen-bond donors (Lipinski definition) is 2. The van der Waals surface area contributed by atoms with E-state index in [1.165, 1.54) is 25.7 Å². The molecule has 1 aliphatic rings. The fourth-order valence-corrected chi connectivity index (χ4v) is 2.97. The molecule has 2 rings (SSSR count). The van der Waals surface area contributed by atoms with Gasteiger partial charge in [0.05, 0.1) is 6.61 Å². The molecular formula is C19H28N2O4. The Hall–Kier alpha value is -2.24. The van der Waals surface area contributed by atoms with E-state index >= 15 is 0 Å².